The molecule has 2 unspecified atom stereocenters. The van der Waals surface area contributed by atoms with Gasteiger partial charge in [0.2, 0.25) is 0 Å². The second-order valence-corrected chi connectivity index (χ2v) is 9.67. The molecule has 1 amide bonds. The van der Waals surface area contributed by atoms with Crippen LogP contribution in [0.2, 0.25) is 0 Å². The predicted molar refractivity (Wildman–Crippen MR) is 103 cm³/mol. The van der Waals surface area contributed by atoms with Crippen molar-refractivity contribution in [2.75, 3.05) is 29.6 Å². The predicted octanol–water partition coefficient (Wildman–Crippen LogP) is 3.00. The topological polar surface area (TPSA) is 92.3 Å². The molecular formula is C19H19F3N4O3S. The molecule has 1 saturated heterocycles. The van der Waals surface area contributed by atoms with Gasteiger partial charge in [-0.3, -0.25) is 4.79 Å². The molecule has 4 rings (SSSR count). The third-order valence-corrected chi connectivity index (χ3v) is 6.58. The first-order valence-electron chi connectivity index (χ1n) is 9.32. The summed E-state index contributed by atoms with van der Waals surface area (Å²) in [7, 11) is -3.61. The number of amides is 1. The maximum absolute atomic E-state index is 13.2. The molecule has 2 aliphatic rings. The van der Waals surface area contributed by atoms with E-state index in [0.717, 1.165) is 37.4 Å². The van der Waals surface area contributed by atoms with Crippen LogP contribution in [-0.4, -0.2) is 43.6 Å². The van der Waals surface area contributed by atoms with E-state index in [9.17, 15) is 26.4 Å². The third-order valence-electron chi connectivity index (χ3n) is 5.60. The number of pyridine rings is 2. The Bertz CT molecular complexity index is 1090. The molecule has 0 spiro atoms. The van der Waals surface area contributed by atoms with E-state index in [1.54, 1.807) is 0 Å². The number of sulfone groups is 1. The number of anilines is 2. The Labute approximate surface area is 171 Å². The smallest absolute Gasteiger partial charge is 0.355 e. The van der Waals surface area contributed by atoms with E-state index < -0.39 is 27.5 Å². The number of nitrogens with one attached hydrogen (secondary N) is 1. The molecule has 160 valence electrons. The van der Waals surface area contributed by atoms with Gasteiger partial charge in [0.1, 0.15) is 5.82 Å². The number of aromatic nitrogens is 2. The molecule has 1 aliphatic carbocycles. The number of alkyl halides is 3. The van der Waals surface area contributed by atoms with Gasteiger partial charge >= 0.3 is 6.18 Å². The Morgan fingerprint density at radius 3 is 2.40 bits per heavy atom. The van der Waals surface area contributed by atoms with E-state index in [0.29, 0.717) is 24.9 Å². The lowest BCUT2D eigenvalue weighted by Crippen LogP contribution is -2.26. The molecule has 11 heteroatoms. The van der Waals surface area contributed by atoms with Crippen molar-refractivity contribution in [2.45, 2.75) is 24.0 Å². The zero-order valence-electron chi connectivity index (χ0n) is 16.0. The highest BCUT2D eigenvalue weighted by molar-refractivity contribution is 7.90. The molecule has 30 heavy (non-hydrogen) atoms. The van der Waals surface area contributed by atoms with Crippen LogP contribution in [0.4, 0.5) is 24.7 Å². The Hall–Kier alpha value is -2.69. The highest BCUT2D eigenvalue weighted by Gasteiger charge is 2.41. The second kappa shape index (κ2) is 7.22. The van der Waals surface area contributed by atoms with E-state index in [2.05, 4.69) is 15.3 Å². The lowest BCUT2D eigenvalue weighted by atomic mass is 9.77. The van der Waals surface area contributed by atoms with Gasteiger partial charge in [0, 0.05) is 37.4 Å². The molecule has 7 nitrogen and oxygen atoms in total. The number of halogens is 3. The third kappa shape index (κ3) is 3.98. The van der Waals surface area contributed by atoms with Gasteiger partial charge in [0.25, 0.3) is 5.91 Å². The summed E-state index contributed by atoms with van der Waals surface area (Å²) in [5, 5.41) is 2.22. The Morgan fingerprint density at radius 2 is 1.83 bits per heavy atom. The SMILES string of the molecule is CS(=O)(=O)c1cc(NC(=O)c2cc(C(F)(F)F)cnc2N2CC3CCC3C2)ccn1. The van der Waals surface area contributed by atoms with Gasteiger partial charge in [0.05, 0.1) is 11.1 Å². The summed E-state index contributed by atoms with van der Waals surface area (Å²) in [6, 6.07) is 3.31. The summed E-state index contributed by atoms with van der Waals surface area (Å²) in [5.41, 5.74) is -1.12. The Balaban J connectivity index is 1.68. The van der Waals surface area contributed by atoms with Crippen molar-refractivity contribution in [1.82, 2.24) is 9.97 Å². The number of rotatable bonds is 4. The molecule has 3 heterocycles. The molecular weight excluding hydrogens is 421 g/mol. The Kier molecular flexibility index (Phi) is 4.95. The summed E-state index contributed by atoms with van der Waals surface area (Å²) in [4.78, 5) is 22.5. The van der Waals surface area contributed by atoms with Crippen LogP contribution in [0.1, 0.15) is 28.8 Å². The number of hydrogen-bond acceptors (Lipinski definition) is 6. The summed E-state index contributed by atoms with van der Waals surface area (Å²) >= 11 is 0. The van der Waals surface area contributed by atoms with Crippen LogP contribution in [0.15, 0.2) is 35.6 Å². The zero-order chi connectivity index (χ0) is 21.7. The highest BCUT2D eigenvalue weighted by atomic mass is 32.2. The first kappa shape index (κ1) is 20.6. The first-order valence-corrected chi connectivity index (χ1v) is 11.2. The van der Waals surface area contributed by atoms with Gasteiger partial charge in [0.15, 0.2) is 14.9 Å². The van der Waals surface area contributed by atoms with E-state index >= 15 is 0 Å². The Morgan fingerprint density at radius 1 is 1.17 bits per heavy atom. The summed E-state index contributed by atoms with van der Waals surface area (Å²) in [6.45, 7) is 1.30. The molecule has 1 saturated carbocycles. The minimum absolute atomic E-state index is 0.111. The monoisotopic (exact) mass is 440 g/mol. The van der Waals surface area contributed by atoms with Gasteiger partial charge in [-0.2, -0.15) is 13.2 Å². The fourth-order valence-corrected chi connectivity index (χ4v) is 4.45. The van der Waals surface area contributed by atoms with Crippen molar-refractivity contribution in [1.29, 1.82) is 0 Å². The van der Waals surface area contributed by atoms with Crippen LogP contribution < -0.4 is 10.2 Å². The van der Waals surface area contributed by atoms with Gasteiger partial charge in [-0.15, -0.1) is 0 Å². The largest absolute Gasteiger partial charge is 0.417 e. The van der Waals surface area contributed by atoms with Crippen LogP contribution in [0.3, 0.4) is 0 Å². The van der Waals surface area contributed by atoms with Crippen molar-refractivity contribution >= 4 is 27.2 Å². The molecule has 0 bridgehead atoms. The lowest BCUT2D eigenvalue weighted by molar-refractivity contribution is -0.137. The van der Waals surface area contributed by atoms with E-state index in [1.165, 1.54) is 12.3 Å². The fourth-order valence-electron chi connectivity index (χ4n) is 3.85. The van der Waals surface area contributed by atoms with Crippen LogP contribution in [0.5, 0.6) is 0 Å². The van der Waals surface area contributed by atoms with Gasteiger partial charge in [-0.25, -0.2) is 18.4 Å². The lowest BCUT2D eigenvalue weighted by Gasteiger charge is -2.27. The average molecular weight is 440 g/mol. The molecule has 2 atom stereocenters. The van der Waals surface area contributed by atoms with Crippen LogP contribution in [0, 0.1) is 11.8 Å². The maximum Gasteiger partial charge on any atom is 0.417 e. The normalized spacial score (nSPS) is 21.1. The van der Waals surface area contributed by atoms with Crippen molar-refractivity contribution in [3.05, 3.63) is 41.7 Å². The van der Waals surface area contributed by atoms with Gasteiger partial charge in [-0.05, 0) is 42.9 Å². The minimum atomic E-state index is -4.65. The number of carbonyl (C=O) groups excluding carboxylic acids is 1. The standard InChI is InChI=1S/C19H19F3N4O3S/c1-30(28,29)16-7-14(4-5-23-16)25-18(27)15-6-13(19(20,21)22)8-24-17(15)26-9-11-2-3-12(11)10-26/h4-8,11-12H,2-3,9-10H2,1H3,(H,23,25,27). The average Bonchev–Trinajstić information content (AvgIpc) is 2.94. The number of carbonyl (C=O) groups is 1. The number of nitrogens with zero attached hydrogens (tertiary/aromatic N) is 3. The summed E-state index contributed by atoms with van der Waals surface area (Å²) in [5.74, 6) is 0.353. The molecule has 0 radical (unpaired) electrons. The highest BCUT2D eigenvalue weighted by Crippen LogP contribution is 2.42. The first-order chi connectivity index (χ1) is 14.0. The second-order valence-electron chi connectivity index (χ2n) is 7.70. The number of hydrogen-bond donors (Lipinski definition) is 1. The van der Waals surface area contributed by atoms with Crippen molar-refractivity contribution in [3.8, 4) is 0 Å². The minimum Gasteiger partial charge on any atom is -0.355 e. The maximum atomic E-state index is 13.2. The molecule has 0 aromatic carbocycles. The van der Waals surface area contributed by atoms with Gasteiger partial charge in [-0.1, -0.05) is 0 Å². The van der Waals surface area contributed by atoms with Crippen LogP contribution in [-0.2, 0) is 16.0 Å². The molecule has 2 aromatic heterocycles. The van der Waals surface area contributed by atoms with Crippen molar-refractivity contribution in [3.63, 3.8) is 0 Å². The van der Waals surface area contributed by atoms with Crippen molar-refractivity contribution in [2.24, 2.45) is 11.8 Å². The fraction of sp³-hybridized carbons (Fsp3) is 0.421. The molecule has 2 aromatic rings. The van der Waals surface area contributed by atoms with E-state index in [1.807, 2.05) is 4.90 Å². The summed E-state index contributed by atoms with van der Waals surface area (Å²) < 4.78 is 63.0. The number of fused-ring (bicyclic) bond motifs is 1. The van der Waals surface area contributed by atoms with Crippen LogP contribution in [0.25, 0.3) is 0 Å². The zero-order valence-corrected chi connectivity index (χ0v) is 16.8. The molecule has 2 fully saturated rings. The van der Waals surface area contributed by atoms with E-state index in [-0.39, 0.29) is 22.1 Å². The van der Waals surface area contributed by atoms with E-state index in [4.69, 9.17) is 0 Å². The molecule has 1 aliphatic heterocycles. The molecule has 1 N–H and O–H groups in total. The van der Waals surface area contributed by atoms with Gasteiger partial charge < -0.3 is 10.2 Å². The van der Waals surface area contributed by atoms with Crippen LogP contribution >= 0.6 is 0 Å². The quantitative estimate of drug-likeness (QED) is 0.786. The summed E-state index contributed by atoms with van der Waals surface area (Å²) in [6.07, 6.45) is 0.390. The van der Waals surface area contributed by atoms with Crippen molar-refractivity contribution < 1.29 is 26.4 Å².